The Morgan fingerprint density at radius 2 is 1.50 bits per heavy atom. The van der Waals surface area contributed by atoms with Crippen molar-refractivity contribution >= 4 is 32.3 Å². The van der Waals surface area contributed by atoms with E-state index in [1.54, 1.807) is 0 Å². The number of allylic oxidation sites excluding steroid dienone is 1. The first-order valence-electron chi connectivity index (χ1n) is 8.98. The first-order valence-corrected chi connectivity index (χ1v) is 8.98. The average Bonchev–Trinajstić information content (AvgIpc) is 2.69. The van der Waals surface area contributed by atoms with Gasteiger partial charge in [0.2, 0.25) is 0 Å². The number of aliphatic hydroxyl groups excluding tert-OH is 1. The van der Waals surface area contributed by atoms with Gasteiger partial charge in [-0.2, -0.15) is 0 Å². The lowest BCUT2D eigenvalue weighted by Gasteiger charge is -2.20. The molecule has 0 saturated heterocycles. The van der Waals surface area contributed by atoms with Gasteiger partial charge < -0.3 is 10.4 Å². The van der Waals surface area contributed by atoms with Crippen LogP contribution in [0.2, 0.25) is 0 Å². The zero-order valence-electron chi connectivity index (χ0n) is 14.4. The molecule has 3 heteroatoms. The van der Waals surface area contributed by atoms with Gasteiger partial charge in [-0.05, 0) is 37.9 Å². The molecule has 0 fully saturated rings. The summed E-state index contributed by atoms with van der Waals surface area (Å²) in [4.78, 5) is 0. The van der Waals surface area contributed by atoms with Gasteiger partial charge in [0.15, 0.2) is 0 Å². The number of benzene rings is 4. The largest absolute Gasteiger partial charge is 0.509 e. The van der Waals surface area contributed by atoms with E-state index in [1.165, 1.54) is 37.9 Å². The van der Waals surface area contributed by atoms with Gasteiger partial charge >= 0.3 is 0 Å². The molecule has 0 amide bonds. The Morgan fingerprint density at radius 3 is 2.35 bits per heavy atom. The molecule has 0 aromatic heterocycles. The smallest absolute Gasteiger partial charge is 0.125 e. The first kappa shape index (κ1) is 15.2. The van der Waals surface area contributed by atoms with Crippen LogP contribution in [0.4, 0.5) is 0 Å². The Hall–Kier alpha value is -3.04. The van der Waals surface area contributed by atoms with Crippen LogP contribution in [-0.2, 0) is 6.42 Å². The number of fused-ring (bicyclic) bond motifs is 5. The van der Waals surface area contributed by atoms with Crippen molar-refractivity contribution in [1.82, 2.24) is 10.6 Å². The molecule has 0 radical (unpaired) electrons. The number of aliphatic hydroxyl groups is 1. The lowest BCUT2D eigenvalue weighted by Crippen LogP contribution is -2.37. The van der Waals surface area contributed by atoms with Gasteiger partial charge in [-0.25, -0.2) is 0 Å². The summed E-state index contributed by atoms with van der Waals surface area (Å²) < 4.78 is 0. The highest BCUT2D eigenvalue weighted by atomic mass is 16.3. The van der Waals surface area contributed by atoms with Crippen molar-refractivity contribution in [3.63, 3.8) is 0 Å². The van der Waals surface area contributed by atoms with Crippen molar-refractivity contribution in [2.45, 2.75) is 6.42 Å². The molecule has 1 heterocycles. The lowest BCUT2D eigenvalue weighted by molar-refractivity contribution is 0.355. The Kier molecular flexibility index (Phi) is 3.54. The van der Waals surface area contributed by atoms with Crippen LogP contribution in [0, 0.1) is 0 Å². The number of hydrogen-bond acceptors (Lipinski definition) is 3. The predicted octanol–water partition coefficient (Wildman–Crippen LogP) is 4.61. The zero-order valence-corrected chi connectivity index (χ0v) is 14.4. The van der Waals surface area contributed by atoms with Crippen LogP contribution >= 0.6 is 0 Å². The third-order valence-electron chi connectivity index (χ3n) is 5.25. The summed E-state index contributed by atoms with van der Waals surface area (Å²) in [6.07, 6.45) is 0.721. The average molecular weight is 340 g/mol. The Balaban J connectivity index is 1.63. The second-order valence-electron chi connectivity index (χ2n) is 6.89. The SMILES string of the molecule is OC1=C(Cc2ccc3c(ccc4c5ccccc5ccc34)c2)NCNC1. The number of rotatable bonds is 2. The molecule has 4 aromatic carbocycles. The van der Waals surface area contributed by atoms with Crippen molar-refractivity contribution in [2.24, 2.45) is 0 Å². The summed E-state index contributed by atoms with van der Waals surface area (Å²) in [5.74, 6) is 0.404. The first-order chi connectivity index (χ1) is 12.8. The van der Waals surface area contributed by atoms with Crippen LogP contribution in [-0.4, -0.2) is 18.3 Å². The molecule has 0 aliphatic carbocycles. The highest BCUT2D eigenvalue weighted by molar-refractivity contribution is 6.17. The highest BCUT2D eigenvalue weighted by Crippen LogP contribution is 2.31. The molecule has 3 nitrogen and oxygen atoms in total. The minimum Gasteiger partial charge on any atom is -0.509 e. The molecule has 0 unspecified atom stereocenters. The number of nitrogens with one attached hydrogen (secondary N) is 2. The van der Waals surface area contributed by atoms with E-state index in [0.717, 1.165) is 12.1 Å². The van der Waals surface area contributed by atoms with Crippen molar-refractivity contribution < 1.29 is 5.11 Å². The zero-order chi connectivity index (χ0) is 17.5. The minimum atomic E-state index is 0.404. The standard InChI is InChI=1S/C23H20N2O/c26-23-13-24-14-25-22(23)12-15-5-8-19-17(11-15)7-10-20-18-4-2-1-3-16(18)6-9-21(19)20/h1-11,24-26H,12-14H2. The maximum Gasteiger partial charge on any atom is 0.125 e. The summed E-state index contributed by atoms with van der Waals surface area (Å²) in [7, 11) is 0. The summed E-state index contributed by atoms with van der Waals surface area (Å²) in [6.45, 7) is 1.23. The van der Waals surface area contributed by atoms with Crippen LogP contribution < -0.4 is 10.6 Å². The lowest BCUT2D eigenvalue weighted by atomic mass is 9.95. The molecule has 0 bridgehead atoms. The highest BCUT2D eigenvalue weighted by Gasteiger charge is 2.12. The second-order valence-corrected chi connectivity index (χ2v) is 6.89. The van der Waals surface area contributed by atoms with Gasteiger partial charge in [0.1, 0.15) is 5.76 Å². The summed E-state index contributed by atoms with van der Waals surface area (Å²) in [5, 5.41) is 24.0. The third-order valence-corrected chi connectivity index (χ3v) is 5.25. The van der Waals surface area contributed by atoms with Crippen molar-refractivity contribution in [1.29, 1.82) is 0 Å². The maximum absolute atomic E-state index is 10.0. The van der Waals surface area contributed by atoms with E-state index < -0.39 is 0 Å². The fraction of sp³-hybridized carbons (Fsp3) is 0.130. The Labute approximate surface area is 151 Å². The molecule has 5 rings (SSSR count). The fourth-order valence-corrected chi connectivity index (χ4v) is 3.92. The normalized spacial score (nSPS) is 14.9. The molecule has 4 aromatic rings. The fourth-order valence-electron chi connectivity index (χ4n) is 3.92. The van der Waals surface area contributed by atoms with E-state index in [9.17, 15) is 5.11 Å². The van der Waals surface area contributed by atoms with E-state index in [2.05, 4.69) is 77.4 Å². The van der Waals surface area contributed by atoms with E-state index in [0.29, 0.717) is 19.0 Å². The van der Waals surface area contributed by atoms with Gasteiger partial charge in [-0.1, -0.05) is 66.7 Å². The number of hydrogen-bond donors (Lipinski definition) is 3. The van der Waals surface area contributed by atoms with Crippen LogP contribution in [0.15, 0.2) is 78.2 Å². The van der Waals surface area contributed by atoms with Crippen LogP contribution in [0.3, 0.4) is 0 Å². The molecule has 0 saturated carbocycles. The van der Waals surface area contributed by atoms with Gasteiger partial charge in [0.05, 0.1) is 18.9 Å². The molecule has 3 N–H and O–H groups in total. The van der Waals surface area contributed by atoms with Crippen LogP contribution in [0.5, 0.6) is 0 Å². The topological polar surface area (TPSA) is 44.3 Å². The molecule has 26 heavy (non-hydrogen) atoms. The monoisotopic (exact) mass is 340 g/mol. The van der Waals surface area contributed by atoms with E-state index in [-0.39, 0.29) is 0 Å². The second kappa shape index (κ2) is 6.04. The predicted molar refractivity (Wildman–Crippen MR) is 108 cm³/mol. The van der Waals surface area contributed by atoms with E-state index >= 15 is 0 Å². The van der Waals surface area contributed by atoms with Gasteiger partial charge in [-0.15, -0.1) is 0 Å². The maximum atomic E-state index is 10.0. The third kappa shape index (κ3) is 2.49. The Morgan fingerprint density at radius 1 is 0.769 bits per heavy atom. The van der Waals surface area contributed by atoms with Crippen LogP contribution in [0.1, 0.15) is 5.56 Å². The Bertz CT molecular complexity index is 1180. The van der Waals surface area contributed by atoms with Crippen molar-refractivity contribution in [3.8, 4) is 0 Å². The van der Waals surface area contributed by atoms with Gasteiger partial charge in [-0.3, -0.25) is 5.32 Å². The molecule has 128 valence electrons. The van der Waals surface area contributed by atoms with Gasteiger partial charge in [0.25, 0.3) is 0 Å². The molecular weight excluding hydrogens is 320 g/mol. The minimum absolute atomic E-state index is 0.404. The molecule has 0 atom stereocenters. The molecular formula is C23H20N2O. The quantitative estimate of drug-likeness (QED) is 0.467. The summed E-state index contributed by atoms with van der Waals surface area (Å²) in [5.41, 5.74) is 2.11. The summed E-state index contributed by atoms with van der Waals surface area (Å²) in [6, 6.07) is 24.0. The molecule has 1 aliphatic rings. The molecule has 1 aliphatic heterocycles. The van der Waals surface area contributed by atoms with Gasteiger partial charge in [0, 0.05) is 6.42 Å². The summed E-state index contributed by atoms with van der Waals surface area (Å²) >= 11 is 0. The molecule has 0 spiro atoms. The van der Waals surface area contributed by atoms with Crippen molar-refractivity contribution in [3.05, 3.63) is 83.7 Å². The van der Waals surface area contributed by atoms with E-state index in [1.807, 2.05) is 0 Å². The van der Waals surface area contributed by atoms with Crippen LogP contribution in [0.25, 0.3) is 32.3 Å². The van der Waals surface area contributed by atoms with Crippen molar-refractivity contribution in [2.75, 3.05) is 13.2 Å². The van der Waals surface area contributed by atoms with E-state index in [4.69, 9.17) is 0 Å².